The summed E-state index contributed by atoms with van der Waals surface area (Å²) in [5, 5.41) is 0. The van der Waals surface area contributed by atoms with E-state index in [1.807, 2.05) is 56.3 Å². The van der Waals surface area contributed by atoms with Crippen molar-refractivity contribution in [2.45, 2.75) is 19.3 Å². The normalized spacial score (nSPS) is 11.0. The van der Waals surface area contributed by atoms with Crippen LogP contribution in [0.3, 0.4) is 0 Å². The first-order chi connectivity index (χ1) is 11.0. The third-order valence-corrected chi connectivity index (χ3v) is 3.99. The summed E-state index contributed by atoms with van der Waals surface area (Å²) in [6.07, 6.45) is 0. The van der Waals surface area contributed by atoms with Gasteiger partial charge in [-0.2, -0.15) is 0 Å². The fraction of sp³-hybridized carbons (Fsp3) is 0.316. The lowest BCUT2D eigenvalue weighted by Gasteiger charge is -2.23. The molecular formula is C19H22O4. The monoisotopic (exact) mass is 314 g/mol. The highest BCUT2D eigenvalue weighted by Gasteiger charge is 2.31. The molecule has 0 radical (unpaired) electrons. The van der Waals surface area contributed by atoms with E-state index in [2.05, 4.69) is 0 Å². The Labute approximate surface area is 137 Å². The lowest BCUT2D eigenvalue weighted by Crippen LogP contribution is -2.30. The maximum atomic E-state index is 12.0. The third-order valence-electron chi connectivity index (χ3n) is 3.99. The highest BCUT2D eigenvalue weighted by molar-refractivity contribution is 5.83. The molecule has 0 N–H and O–H groups in total. The van der Waals surface area contributed by atoms with Crippen molar-refractivity contribution in [1.82, 2.24) is 0 Å². The van der Waals surface area contributed by atoms with Crippen LogP contribution in [0.25, 0.3) is 11.1 Å². The molecule has 2 aromatic rings. The maximum Gasteiger partial charge on any atom is 0.315 e. The summed E-state index contributed by atoms with van der Waals surface area (Å²) in [5.41, 5.74) is 2.02. The van der Waals surface area contributed by atoms with E-state index >= 15 is 0 Å². The van der Waals surface area contributed by atoms with Gasteiger partial charge in [0.25, 0.3) is 0 Å². The minimum Gasteiger partial charge on any atom is -0.493 e. The Kier molecular flexibility index (Phi) is 4.94. The van der Waals surface area contributed by atoms with E-state index in [0.717, 1.165) is 16.7 Å². The number of methoxy groups -OCH3 is 3. The van der Waals surface area contributed by atoms with Crippen molar-refractivity contribution in [2.75, 3.05) is 21.3 Å². The molecule has 0 bridgehead atoms. The standard InChI is InChI=1S/C19H22O4/c1-19(2,18(20)23-5)14-9-6-8-13(12-14)15-10-7-11-16(21-3)17(15)22-4/h6-12H,1-5H3. The SMILES string of the molecule is COC(=O)C(C)(C)c1cccc(-c2cccc(OC)c2OC)c1. The van der Waals surface area contributed by atoms with Gasteiger partial charge >= 0.3 is 5.97 Å². The van der Waals surface area contributed by atoms with Crippen LogP contribution in [-0.2, 0) is 14.9 Å². The highest BCUT2D eigenvalue weighted by atomic mass is 16.5. The van der Waals surface area contributed by atoms with E-state index in [4.69, 9.17) is 14.2 Å². The minimum absolute atomic E-state index is 0.271. The van der Waals surface area contributed by atoms with E-state index in [1.54, 1.807) is 14.2 Å². The minimum atomic E-state index is -0.725. The average Bonchev–Trinajstić information content (AvgIpc) is 2.60. The second-order valence-electron chi connectivity index (χ2n) is 5.74. The molecule has 0 aromatic heterocycles. The van der Waals surface area contributed by atoms with Crippen molar-refractivity contribution in [2.24, 2.45) is 0 Å². The van der Waals surface area contributed by atoms with Crippen LogP contribution in [0.15, 0.2) is 42.5 Å². The van der Waals surface area contributed by atoms with Crippen LogP contribution in [0.5, 0.6) is 11.5 Å². The fourth-order valence-electron chi connectivity index (χ4n) is 2.56. The molecule has 122 valence electrons. The summed E-state index contributed by atoms with van der Waals surface area (Å²) in [5.74, 6) is 1.07. The maximum absolute atomic E-state index is 12.0. The number of rotatable bonds is 5. The van der Waals surface area contributed by atoms with E-state index in [0.29, 0.717) is 11.5 Å². The molecule has 4 heteroatoms. The van der Waals surface area contributed by atoms with Crippen LogP contribution in [0.1, 0.15) is 19.4 Å². The number of hydrogen-bond donors (Lipinski definition) is 0. The molecule has 0 heterocycles. The molecule has 0 saturated carbocycles. The molecule has 23 heavy (non-hydrogen) atoms. The van der Waals surface area contributed by atoms with Crippen molar-refractivity contribution in [1.29, 1.82) is 0 Å². The predicted octanol–water partition coefficient (Wildman–Crippen LogP) is 3.82. The van der Waals surface area contributed by atoms with Crippen LogP contribution >= 0.6 is 0 Å². The summed E-state index contributed by atoms with van der Waals surface area (Å²) in [4.78, 5) is 12.0. The number of carbonyl (C=O) groups excluding carboxylic acids is 1. The number of benzene rings is 2. The smallest absolute Gasteiger partial charge is 0.315 e. The molecular weight excluding hydrogens is 292 g/mol. The Morgan fingerprint density at radius 1 is 0.957 bits per heavy atom. The molecule has 4 nitrogen and oxygen atoms in total. The summed E-state index contributed by atoms with van der Waals surface area (Å²) < 4.78 is 15.8. The lowest BCUT2D eigenvalue weighted by molar-refractivity contribution is -0.146. The van der Waals surface area contributed by atoms with Crippen molar-refractivity contribution < 1.29 is 19.0 Å². The van der Waals surface area contributed by atoms with Gasteiger partial charge in [-0.25, -0.2) is 0 Å². The lowest BCUT2D eigenvalue weighted by atomic mass is 9.83. The van der Waals surface area contributed by atoms with E-state index < -0.39 is 5.41 Å². The fourth-order valence-corrected chi connectivity index (χ4v) is 2.56. The molecule has 0 aliphatic heterocycles. The Morgan fingerprint density at radius 2 is 1.65 bits per heavy atom. The van der Waals surface area contributed by atoms with Crippen molar-refractivity contribution in [3.63, 3.8) is 0 Å². The van der Waals surface area contributed by atoms with Gasteiger partial charge in [-0.15, -0.1) is 0 Å². The first kappa shape index (κ1) is 16.9. The Hall–Kier alpha value is -2.49. The van der Waals surface area contributed by atoms with Crippen molar-refractivity contribution in [3.8, 4) is 22.6 Å². The summed E-state index contributed by atoms with van der Waals surface area (Å²) in [6, 6.07) is 13.5. The van der Waals surface area contributed by atoms with Gasteiger partial charge in [0.1, 0.15) is 0 Å². The quantitative estimate of drug-likeness (QED) is 0.787. The van der Waals surface area contributed by atoms with E-state index in [1.165, 1.54) is 7.11 Å². The zero-order valence-corrected chi connectivity index (χ0v) is 14.2. The molecule has 0 unspecified atom stereocenters. The van der Waals surface area contributed by atoms with Gasteiger partial charge in [0, 0.05) is 5.56 Å². The molecule has 0 saturated heterocycles. The Morgan fingerprint density at radius 3 is 2.26 bits per heavy atom. The van der Waals surface area contributed by atoms with Crippen LogP contribution < -0.4 is 9.47 Å². The number of carbonyl (C=O) groups is 1. The molecule has 2 rings (SSSR count). The van der Waals surface area contributed by atoms with Crippen molar-refractivity contribution in [3.05, 3.63) is 48.0 Å². The van der Waals surface area contributed by atoms with Crippen LogP contribution in [0.4, 0.5) is 0 Å². The van der Waals surface area contributed by atoms with Gasteiger partial charge in [-0.1, -0.05) is 30.3 Å². The van der Waals surface area contributed by atoms with Gasteiger partial charge in [-0.05, 0) is 37.1 Å². The summed E-state index contributed by atoms with van der Waals surface area (Å²) >= 11 is 0. The molecule has 2 aromatic carbocycles. The van der Waals surface area contributed by atoms with Gasteiger partial charge in [0.05, 0.1) is 26.7 Å². The van der Waals surface area contributed by atoms with Gasteiger partial charge in [-0.3, -0.25) is 4.79 Å². The zero-order chi connectivity index (χ0) is 17.0. The second-order valence-corrected chi connectivity index (χ2v) is 5.74. The number of hydrogen-bond acceptors (Lipinski definition) is 4. The predicted molar refractivity (Wildman–Crippen MR) is 90.0 cm³/mol. The van der Waals surface area contributed by atoms with Gasteiger partial charge in [0.15, 0.2) is 11.5 Å². The third kappa shape index (κ3) is 3.16. The van der Waals surface area contributed by atoms with Gasteiger partial charge < -0.3 is 14.2 Å². The Bertz CT molecular complexity index is 704. The van der Waals surface area contributed by atoms with Gasteiger partial charge in [0.2, 0.25) is 0 Å². The first-order valence-electron chi connectivity index (χ1n) is 7.36. The number of para-hydroxylation sites is 1. The molecule has 0 fully saturated rings. The van der Waals surface area contributed by atoms with E-state index in [-0.39, 0.29) is 5.97 Å². The molecule has 0 amide bonds. The molecule has 0 atom stereocenters. The summed E-state index contributed by atoms with van der Waals surface area (Å²) in [7, 11) is 4.63. The van der Waals surface area contributed by atoms with Crippen molar-refractivity contribution >= 4 is 5.97 Å². The van der Waals surface area contributed by atoms with Crippen LogP contribution in [-0.4, -0.2) is 27.3 Å². The molecule has 0 spiro atoms. The number of esters is 1. The highest BCUT2D eigenvalue weighted by Crippen LogP contribution is 2.39. The Balaban J connectivity index is 2.55. The van der Waals surface area contributed by atoms with Crippen LogP contribution in [0, 0.1) is 0 Å². The first-order valence-corrected chi connectivity index (χ1v) is 7.36. The number of ether oxygens (including phenoxy) is 3. The van der Waals surface area contributed by atoms with E-state index in [9.17, 15) is 4.79 Å². The summed E-state index contributed by atoms with van der Waals surface area (Å²) in [6.45, 7) is 3.70. The molecule has 0 aliphatic rings. The van der Waals surface area contributed by atoms with Crippen LogP contribution in [0.2, 0.25) is 0 Å². The average molecular weight is 314 g/mol. The second kappa shape index (κ2) is 6.73. The molecule has 0 aliphatic carbocycles. The zero-order valence-electron chi connectivity index (χ0n) is 14.2. The largest absolute Gasteiger partial charge is 0.493 e. The topological polar surface area (TPSA) is 44.8 Å².